The predicted molar refractivity (Wildman–Crippen MR) is 232 cm³/mol. The molecule has 0 radical (unpaired) electrons. The van der Waals surface area contributed by atoms with Crippen LogP contribution in [0.2, 0.25) is 0 Å². The first-order chi connectivity index (χ1) is 32.2. The lowest BCUT2D eigenvalue weighted by atomic mass is 10.1. The van der Waals surface area contributed by atoms with E-state index in [1.165, 1.54) is 17.2 Å². The van der Waals surface area contributed by atoms with Gasteiger partial charge in [0.1, 0.15) is 41.8 Å². The summed E-state index contributed by atoms with van der Waals surface area (Å²) in [5, 5.41) is 0. The number of nitrogens with zero attached hydrogens (tertiary/aromatic N) is 8. The number of fused-ring (bicyclic) bond motifs is 4. The summed E-state index contributed by atoms with van der Waals surface area (Å²) in [6.45, 7) is 0.638. The van der Waals surface area contributed by atoms with E-state index in [2.05, 4.69) is 43.8 Å². The van der Waals surface area contributed by atoms with Crippen LogP contribution in [0.3, 0.4) is 0 Å². The lowest BCUT2D eigenvalue weighted by molar-refractivity contribution is -0.152. The maximum atomic E-state index is 17.1. The second-order valence-electron chi connectivity index (χ2n) is 16.4. The lowest BCUT2D eigenvalue weighted by Gasteiger charge is -2.30. The number of carbonyl (C=O) groups excluding carboxylic acids is 2. The van der Waals surface area contributed by atoms with Gasteiger partial charge in [-0.2, -0.15) is 9.97 Å². The summed E-state index contributed by atoms with van der Waals surface area (Å²) in [6.07, 6.45) is 0.749. The van der Waals surface area contributed by atoms with Gasteiger partial charge in [0.2, 0.25) is 19.5 Å². The molecule has 0 spiro atoms. The Hall–Kier alpha value is -4.52. The van der Waals surface area contributed by atoms with Gasteiger partial charge in [-0.1, -0.05) is 65.2 Å². The molecule has 1 aliphatic carbocycles. The molecule has 1 saturated carbocycles. The number of hydrogen-bond acceptors (Lipinski definition) is 22. The minimum Gasteiger partial charge on any atom is -0.438 e. The first-order valence-corrected chi connectivity index (χ1v) is 25.2. The van der Waals surface area contributed by atoms with Crippen LogP contribution in [0.5, 0.6) is 0 Å². The number of halogens is 2. The highest BCUT2D eigenvalue weighted by Gasteiger charge is 2.55. The van der Waals surface area contributed by atoms with Crippen LogP contribution in [0.4, 0.5) is 26.4 Å². The van der Waals surface area contributed by atoms with E-state index in [1.54, 1.807) is 0 Å². The quantitative estimate of drug-likeness (QED) is 0.0376. The van der Waals surface area contributed by atoms with Crippen molar-refractivity contribution in [2.75, 3.05) is 44.0 Å². The van der Waals surface area contributed by atoms with Crippen LogP contribution >= 0.6 is 15.6 Å². The number of esters is 2. The third-order valence-corrected chi connectivity index (χ3v) is 14.4. The van der Waals surface area contributed by atoms with E-state index in [4.69, 9.17) is 58.6 Å². The van der Waals surface area contributed by atoms with Crippen LogP contribution in [-0.4, -0.2) is 108 Å². The Morgan fingerprint density at radius 1 is 0.716 bits per heavy atom. The minimum atomic E-state index is -5.04. The molecule has 3 fully saturated rings. The van der Waals surface area contributed by atoms with E-state index < -0.39 is 103 Å². The molecule has 6 N–H and O–H groups in total. The highest BCUT2D eigenvalue weighted by atomic mass is 31.2. The van der Waals surface area contributed by atoms with Crippen molar-refractivity contribution >= 4 is 67.5 Å². The fourth-order valence-corrected chi connectivity index (χ4v) is 10.7. The fraction of sp³-hybridized carbons (Fsp3) is 0.692. The van der Waals surface area contributed by atoms with Crippen LogP contribution in [-0.2, 0) is 60.1 Å². The molecule has 2 aliphatic heterocycles. The molecule has 2 saturated heterocycles. The molecule has 28 heteroatoms. The number of carbonyl (C=O) groups is 2. The van der Waals surface area contributed by atoms with Gasteiger partial charge in [0, 0.05) is 18.8 Å². The van der Waals surface area contributed by atoms with E-state index >= 15 is 8.78 Å². The molecule has 4 aromatic heterocycles. The number of hydrogen-bond donors (Lipinski definition) is 3. The van der Waals surface area contributed by atoms with Gasteiger partial charge < -0.3 is 36.0 Å². The van der Waals surface area contributed by atoms with E-state index in [-0.39, 0.29) is 59.2 Å². The molecule has 67 heavy (non-hydrogen) atoms. The first-order valence-electron chi connectivity index (χ1n) is 22.3. The molecule has 0 aromatic carbocycles. The molecule has 0 amide bonds. The topological polar surface area (TPSA) is 317 Å². The summed E-state index contributed by atoms with van der Waals surface area (Å²) in [7, 11) is -10.1. The number of nitrogen functional groups attached to an aromatic ring is 3. The normalized spacial score (nSPS) is 29.0. The Labute approximate surface area is 383 Å². The van der Waals surface area contributed by atoms with Crippen LogP contribution < -0.4 is 17.2 Å². The highest BCUT2D eigenvalue weighted by molar-refractivity contribution is 7.48. The molecular weight excluding hydrogens is 930 g/mol. The van der Waals surface area contributed by atoms with Gasteiger partial charge >= 0.3 is 27.6 Å². The van der Waals surface area contributed by atoms with Crippen molar-refractivity contribution in [1.82, 2.24) is 39.0 Å². The molecule has 3 aliphatic rings. The van der Waals surface area contributed by atoms with Gasteiger partial charge in [-0.3, -0.25) is 32.3 Å². The number of alkyl halides is 2. The summed E-state index contributed by atoms with van der Waals surface area (Å²) in [5.41, 5.74) is 18.2. The van der Waals surface area contributed by atoms with Gasteiger partial charge in [0.25, 0.3) is 0 Å². The molecule has 7 rings (SSSR count). The summed E-state index contributed by atoms with van der Waals surface area (Å²) >= 11 is 0. The van der Waals surface area contributed by atoms with Crippen molar-refractivity contribution in [3.63, 3.8) is 0 Å². The van der Waals surface area contributed by atoms with Gasteiger partial charge in [-0.05, 0) is 19.3 Å². The number of unbranched alkanes of at least 4 members (excludes halogenated alkanes) is 8. The largest absolute Gasteiger partial charge is 0.478 e. The van der Waals surface area contributed by atoms with E-state index in [0.717, 1.165) is 62.3 Å². The highest BCUT2D eigenvalue weighted by Crippen LogP contribution is 2.59. The monoisotopic (exact) mass is 987 g/mol. The average Bonchev–Trinajstić information content (AvgIpc) is 4.06. The number of phosphoric ester groups is 2. The van der Waals surface area contributed by atoms with Crippen molar-refractivity contribution in [2.45, 2.75) is 140 Å². The van der Waals surface area contributed by atoms with Crippen molar-refractivity contribution in [1.29, 1.82) is 0 Å². The number of aromatic nitrogens is 8. The van der Waals surface area contributed by atoms with E-state index in [9.17, 15) is 18.7 Å². The summed E-state index contributed by atoms with van der Waals surface area (Å²) in [4.78, 5) is 49.8. The minimum absolute atomic E-state index is 0.0291. The molecule has 4 unspecified atom stereocenters. The molecule has 4 aromatic rings. The number of phosphoric acid groups is 2. The third kappa shape index (κ3) is 12.2. The summed E-state index contributed by atoms with van der Waals surface area (Å²) < 4.78 is 117. The predicted octanol–water partition coefficient (Wildman–Crippen LogP) is 6.34. The second-order valence-corrected chi connectivity index (χ2v) is 19.6. The third-order valence-electron chi connectivity index (χ3n) is 11.6. The number of imidazole rings is 2. The van der Waals surface area contributed by atoms with Crippen molar-refractivity contribution in [2.24, 2.45) is 5.92 Å². The van der Waals surface area contributed by atoms with Crippen LogP contribution in [0.15, 0.2) is 19.0 Å². The standard InChI is InChI=1S/C39H57F2N11O13P2/c1-3-5-7-9-11-13-26(53)57-21-61-66(55)59-16-23-15-24(51-19-47-30-34(42)45-18-46-36(30)51)28(40)32(23)64-67(56,62-22-58-27(54)14-12-10-8-6-4-2)60-17-25-33(65-66)29(41)38(63-25)52-20-48-31-35(43)49-39(44)50-37(31)52/h18-20,23-25,28-29,32-33,38H,3-17,21-22H2,1-2H3,(H2,42,45,46)(H4,43,44,49,50)/t23-,24-,25-,28?,29?,32+,33+,38-,66?,67?/m1/s1. The molecule has 10 atom stereocenters. The maximum absolute atomic E-state index is 17.1. The Bertz CT molecular complexity index is 2420. The lowest BCUT2D eigenvalue weighted by Crippen LogP contribution is -2.36. The van der Waals surface area contributed by atoms with Crippen molar-refractivity contribution in [3.05, 3.63) is 19.0 Å². The van der Waals surface area contributed by atoms with Crippen LogP contribution in [0.25, 0.3) is 22.3 Å². The van der Waals surface area contributed by atoms with Gasteiger partial charge in [-0.15, -0.1) is 0 Å². The second kappa shape index (κ2) is 22.7. The molecular formula is C39H57F2N11O13P2. The Morgan fingerprint density at radius 2 is 1.30 bits per heavy atom. The van der Waals surface area contributed by atoms with Gasteiger partial charge in [0.05, 0.1) is 31.9 Å². The van der Waals surface area contributed by atoms with Gasteiger partial charge in [0.15, 0.2) is 35.3 Å². The van der Waals surface area contributed by atoms with E-state index in [1.807, 2.05) is 0 Å². The van der Waals surface area contributed by atoms with Crippen molar-refractivity contribution in [3.8, 4) is 0 Å². The van der Waals surface area contributed by atoms with Crippen molar-refractivity contribution < 1.29 is 68.9 Å². The smallest absolute Gasteiger partial charge is 0.438 e. The zero-order valence-electron chi connectivity index (χ0n) is 37.1. The maximum Gasteiger partial charge on any atom is 0.478 e. The number of nitrogens with two attached hydrogens (primary N) is 3. The Morgan fingerprint density at radius 3 is 1.94 bits per heavy atom. The first kappa shape index (κ1) is 50.4. The molecule has 0 bridgehead atoms. The SMILES string of the molecule is CCCCCCCC(=O)OCOP1(=O)OC[C@H]2O[C@@H](n3cnc4c(N)nc(N)nc43)C(F)[C@H]2OP(=O)(OCOC(=O)CCCCCCC)OC[C@H]2C[C@@H](n3cnc4c(N)ncnc43)C(F)[C@H]2O1. The summed E-state index contributed by atoms with van der Waals surface area (Å²) in [6, 6.07) is -1.16. The fourth-order valence-electron chi connectivity index (χ4n) is 8.11. The molecule has 370 valence electrons. The Balaban J connectivity index is 1.18. The van der Waals surface area contributed by atoms with Gasteiger partial charge in [-0.25, -0.2) is 46.9 Å². The number of rotatable bonds is 20. The van der Waals surface area contributed by atoms with Crippen LogP contribution in [0.1, 0.15) is 110 Å². The molecule has 24 nitrogen and oxygen atoms in total. The average molecular weight is 988 g/mol. The summed E-state index contributed by atoms with van der Waals surface area (Å²) in [5.74, 6) is -2.84. The number of ether oxygens (including phenoxy) is 3. The Kier molecular flexibility index (Phi) is 17.1. The number of anilines is 3. The zero-order chi connectivity index (χ0) is 47.7. The molecule has 6 heterocycles. The zero-order valence-corrected chi connectivity index (χ0v) is 38.9. The van der Waals surface area contributed by atoms with Crippen LogP contribution in [0, 0.1) is 5.92 Å². The van der Waals surface area contributed by atoms with E-state index in [0.29, 0.717) is 12.8 Å².